The van der Waals surface area contributed by atoms with Crippen molar-refractivity contribution in [3.8, 4) is 28.0 Å². The van der Waals surface area contributed by atoms with E-state index in [-0.39, 0.29) is 5.75 Å². The summed E-state index contributed by atoms with van der Waals surface area (Å²) >= 11 is 0. The quantitative estimate of drug-likeness (QED) is 0.320. The smallest absolute Gasteiger partial charge is 0.403 e. The summed E-state index contributed by atoms with van der Waals surface area (Å²) in [6.07, 6.45) is 0. The summed E-state index contributed by atoms with van der Waals surface area (Å²) in [6.45, 7) is 4.07. The van der Waals surface area contributed by atoms with Crippen LogP contribution in [0.5, 0.6) is 5.75 Å². The molecule has 0 aromatic heterocycles. The Morgan fingerprint density at radius 3 is 1.72 bits per heavy atom. The molecule has 0 atom stereocenters. The zero-order valence-electron chi connectivity index (χ0n) is 18.0. The topological polar surface area (TPSA) is 66.8 Å². The van der Waals surface area contributed by atoms with Crippen molar-refractivity contribution in [2.75, 3.05) is 0 Å². The summed E-state index contributed by atoms with van der Waals surface area (Å²) < 4.78 is 17.4. The molecule has 4 rings (SSSR count). The van der Waals surface area contributed by atoms with Crippen LogP contribution in [0.25, 0.3) is 22.3 Å². The van der Waals surface area contributed by atoms with Gasteiger partial charge in [-0.3, -0.25) is 9.79 Å². The van der Waals surface area contributed by atoms with Gasteiger partial charge in [0.1, 0.15) is 5.75 Å². The van der Waals surface area contributed by atoms with Crippen molar-refractivity contribution in [3.63, 3.8) is 0 Å². The number of hydrogen-bond donors (Lipinski definition) is 2. The van der Waals surface area contributed by atoms with E-state index in [1.165, 1.54) is 0 Å². The molecule has 32 heavy (non-hydrogen) atoms. The minimum Gasteiger partial charge on any atom is -0.403 e. The van der Waals surface area contributed by atoms with Crippen molar-refractivity contribution in [2.45, 2.75) is 19.3 Å². The van der Waals surface area contributed by atoms with Gasteiger partial charge in [-0.15, -0.1) is 0 Å². The van der Waals surface area contributed by atoms with E-state index in [0.29, 0.717) is 11.1 Å². The van der Waals surface area contributed by atoms with Crippen molar-refractivity contribution >= 4 is 7.82 Å². The van der Waals surface area contributed by atoms with Crippen LogP contribution >= 0.6 is 7.82 Å². The standard InChI is InChI=1S/C27H25O4P/c1-27(2,23-16-10-5-11-17-23)25-19-22(20-12-6-3-7-13-20)18-24(21-14-8-4-9-15-21)26(25)31-32(28,29)30/h3-19H,1-2H3,(H2,28,29,30). The molecule has 0 saturated heterocycles. The summed E-state index contributed by atoms with van der Waals surface area (Å²) in [5, 5.41) is 0. The fraction of sp³-hybridized carbons (Fsp3) is 0.111. The highest BCUT2D eigenvalue weighted by atomic mass is 31.2. The van der Waals surface area contributed by atoms with Gasteiger partial charge in [0.05, 0.1) is 0 Å². The van der Waals surface area contributed by atoms with Gasteiger partial charge in [-0.2, -0.15) is 0 Å². The third-order valence-corrected chi connectivity index (χ3v) is 6.08. The molecule has 0 radical (unpaired) electrons. The van der Waals surface area contributed by atoms with Crippen LogP contribution in [0.4, 0.5) is 0 Å². The van der Waals surface area contributed by atoms with Gasteiger partial charge in [0.25, 0.3) is 0 Å². The third-order valence-electron chi connectivity index (χ3n) is 5.66. The van der Waals surface area contributed by atoms with Crippen LogP contribution in [0, 0.1) is 0 Å². The zero-order valence-corrected chi connectivity index (χ0v) is 18.9. The SMILES string of the molecule is CC(C)(c1ccccc1)c1cc(-c2ccccc2)cc(-c2ccccc2)c1OP(=O)(O)O. The average molecular weight is 444 g/mol. The molecule has 0 bridgehead atoms. The number of benzene rings is 4. The number of rotatable bonds is 6. The van der Waals surface area contributed by atoms with Crippen LogP contribution in [0.1, 0.15) is 25.0 Å². The highest BCUT2D eigenvalue weighted by molar-refractivity contribution is 7.46. The van der Waals surface area contributed by atoms with Crippen LogP contribution in [-0.2, 0) is 9.98 Å². The van der Waals surface area contributed by atoms with Gasteiger partial charge in [0.15, 0.2) is 0 Å². The van der Waals surface area contributed by atoms with Gasteiger partial charge in [0, 0.05) is 16.5 Å². The minimum atomic E-state index is -4.81. The number of phosphoric acid groups is 1. The molecule has 162 valence electrons. The lowest BCUT2D eigenvalue weighted by Gasteiger charge is -2.30. The van der Waals surface area contributed by atoms with Crippen LogP contribution in [0.3, 0.4) is 0 Å². The van der Waals surface area contributed by atoms with Crippen LogP contribution in [0.2, 0.25) is 0 Å². The van der Waals surface area contributed by atoms with Gasteiger partial charge < -0.3 is 4.52 Å². The summed E-state index contributed by atoms with van der Waals surface area (Å²) in [5.41, 5.74) is 4.54. The van der Waals surface area contributed by atoms with Crippen LogP contribution in [-0.4, -0.2) is 9.79 Å². The minimum absolute atomic E-state index is 0.193. The molecule has 4 nitrogen and oxygen atoms in total. The molecule has 0 saturated carbocycles. The highest BCUT2D eigenvalue weighted by Crippen LogP contribution is 2.50. The Morgan fingerprint density at radius 1 is 0.688 bits per heavy atom. The fourth-order valence-electron chi connectivity index (χ4n) is 3.95. The normalized spacial score (nSPS) is 11.9. The second-order valence-corrected chi connectivity index (χ2v) is 9.37. The Hall–Kier alpha value is -3.17. The molecular formula is C27H25O4P. The molecule has 0 spiro atoms. The van der Waals surface area contributed by atoms with Crippen molar-refractivity contribution in [1.82, 2.24) is 0 Å². The third kappa shape index (κ3) is 4.68. The van der Waals surface area contributed by atoms with E-state index in [4.69, 9.17) is 4.52 Å². The van der Waals surface area contributed by atoms with Gasteiger partial charge in [-0.1, -0.05) is 105 Å². The molecule has 0 aliphatic heterocycles. The second-order valence-electron chi connectivity index (χ2n) is 8.21. The lowest BCUT2D eigenvalue weighted by molar-refractivity contribution is 0.281. The molecule has 4 aromatic rings. The van der Waals surface area contributed by atoms with Gasteiger partial charge in [-0.25, -0.2) is 4.57 Å². The largest absolute Gasteiger partial charge is 0.524 e. The summed E-state index contributed by atoms with van der Waals surface area (Å²) in [4.78, 5) is 19.6. The van der Waals surface area contributed by atoms with E-state index < -0.39 is 13.2 Å². The Morgan fingerprint density at radius 2 is 1.19 bits per heavy atom. The molecule has 0 aliphatic carbocycles. The van der Waals surface area contributed by atoms with E-state index in [2.05, 4.69) is 0 Å². The molecule has 5 heteroatoms. The Kier molecular flexibility index (Phi) is 6.03. The Bertz CT molecular complexity index is 1250. The summed E-state index contributed by atoms with van der Waals surface area (Å²) in [7, 11) is -4.81. The molecule has 0 fully saturated rings. The Labute approximate surface area is 188 Å². The van der Waals surface area contributed by atoms with Gasteiger partial charge >= 0.3 is 7.82 Å². The first-order chi connectivity index (χ1) is 15.3. The summed E-state index contributed by atoms with van der Waals surface area (Å²) in [6, 6.07) is 33.3. The first kappa shape index (κ1) is 22.0. The maximum absolute atomic E-state index is 12.0. The number of phosphoric ester groups is 1. The molecule has 0 heterocycles. The lowest BCUT2D eigenvalue weighted by atomic mass is 9.75. The van der Waals surface area contributed by atoms with Crippen molar-refractivity contribution < 1.29 is 18.9 Å². The second kappa shape index (κ2) is 8.76. The van der Waals surface area contributed by atoms with Crippen molar-refractivity contribution in [2.24, 2.45) is 0 Å². The maximum Gasteiger partial charge on any atom is 0.524 e. The first-order valence-corrected chi connectivity index (χ1v) is 11.9. The van der Waals surface area contributed by atoms with E-state index >= 15 is 0 Å². The fourth-order valence-corrected chi connectivity index (χ4v) is 4.38. The zero-order chi connectivity index (χ0) is 22.8. The van der Waals surface area contributed by atoms with Gasteiger partial charge in [0.2, 0.25) is 0 Å². The summed E-state index contributed by atoms with van der Waals surface area (Å²) in [5.74, 6) is 0.193. The van der Waals surface area contributed by atoms with E-state index in [1.54, 1.807) is 0 Å². The van der Waals surface area contributed by atoms with Crippen molar-refractivity contribution in [3.05, 3.63) is 114 Å². The van der Waals surface area contributed by atoms with E-state index in [0.717, 1.165) is 22.3 Å². The Balaban J connectivity index is 2.06. The van der Waals surface area contributed by atoms with E-state index in [9.17, 15) is 14.4 Å². The first-order valence-electron chi connectivity index (χ1n) is 10.4. The maximum atomic E-state index is 12.0. The number of hydrogen-bond acceptors (Lipinski definition) is 2. The molecule has 4 aromatic carbocycles. The average Bonchev–Trinajstić information content (AvgIpc) is 2.80. The van der Waals surface area contributed by atoms with Crippen LogP contribution < -0.4 is 4.52 Å². The molecule has 0 aliphatic rings. The van der Waals surface area contributed by atoms with Gasteiger partial charge in [-0.05, 0) is 34.4 Å². The highest BCUT2D eigenvalue weighted by Gasteiger charge is 2.32. The molecule has 2 N–H and O–H groups in total. The predicted molar refractivity (Wildman–Crippen MR) is 129 cm³/mol. The van der Waals surface area contributed by atoms with Crippen molar-refractivity contribution in [1.29, 1.82) is 0 Å². The molecule has 0 unspecified atom stereocenters. The predicted octanol–water partition coefficient (Wildman–Crippen LogP) is 6.82. The molecule has 0 amide bonds. The molecular weight excluding hydrogens is 419 g/mol. The van der Waals surface area contributed by atoms with E-state index in [1.807, 2.05) is 117 Å². The lowest BCUT2D eigenvalue weighted by Crippen LogP contribution is -2.20. The monoisotopic (exact) mass is 444 g/mol. The van der Waals surface area contributed by atoms with Crippen LogP contribution in [0.15, 0.2) is 103 Å².